The molecular weight excluding hydrogens is 406 g/mol. The third kappa shape index (κ3) is 7.39. The van der Waals surface area contributed by atoms with E-state index in [9.17, 15) is 4.79 Å². The van der Waals surface area contributed by atoms with Crippen molar-refractivity contribution in [2.24, 2.45) is 0 Å². The van der Waals surface area contributed by atoms with Crippen LogP contribution in [0, 0.1) is 0 Å². The van der Waals surface area contributed by atoms with Crippen molar-refractivity contribution in [3.05, 3.63) is 35.5 Å². The molecule has 1 heterocycles. The molecule has 6 heteroatoms. The van der Waals surface area contributed by atoms with Crippen molar-refractivity contribution in [3.63, 3.8) is 0 Å². The fraction of sp³-hybridized carbons (Fsp3) is 0.600. The van der Waals surface area contributed by atoms with Gasteiger partial charge in [0.05, 0.1) is 5.52 Å². The molecule has 0 saturated carbocycles. The lowest BCUT2D eigenvalue weighted by Gasteiger charge is -2.21. The summed E-state index contributed by atoms with van der Waals surface area (Å²) in [6, 6.07) is 8.59. The predicted molar refractivity (Wildman–Crippen MR) is 130 cm³/mol. The van der Waals surface area contributed by atoms with Gasteiger partial charge in [0.2, 0.25) is 0 Å². The molecule has 2 aromatic rings. The van der Waals surface area contributed by atoms with Gasteiger partial charge in [0.1, 0.15) is 5.60 Å². The summed E-state index contributed by atoms with van der Waals surface area (Å²) >= 11 is 2.00. The van der Waals surface area contributed by atoms with Crippen LogP contribution in [-0.4, -0.2) is 54.0 Å². The third-order valence-electron chi connectivity index (χ3n) is 5.43. The number of pyridine rings is 1. The highest BCUT2D eigenvalue weighted by Crippen LogP contribution is 2.36. The Balaban J connectivity index is 1.42. The number of nitrogens with one attached hydrogen (secondary N) is 1. The largest absolute Gasteiger partial charge is 0.444 e. The minimum absolute atomic E-state index is 0.334. The number of alkyl carbamates (subject to hydrolysis) is 1. The Hall–Kier alpha value is -1.79. The van der Waals surface area contributed by atoms with Gasteiger partial charge in [0.15, 0.2) is 0 Å². The van der Waals surface area contributed by atoms with Crippen LogP contribution in [0.1, 0.15) is 57.7 Å². The first kappa shape index (κ1) is 23.9. The molecule has 0 saturated heterocycles. The van der Waals surface area contributed by atoms with Gasteiger partial charge in [0, 0.05) is 22.5 Å². The molecule has 170 valence electrons. The number of hydrogen-bond acceptors (Lipinski definition) is 5. The van der Waals surface area contributed by atoms with Gasteiger partial charge in [-0.3, -0.25) is 4.98 Å². The number of carbonyl (C=O) groups excluding carboxylic acids is 1. The molecule has 1 N–H and O–H groups in total. The Morgan fingerprint density at radius 3 is 2.71 bits per heavy atom. The Labute approximate surface area is 191 Å². The van der Waals surface area contributed by atoms with E-state index in [2.05, 4.69) is 41.5 Å². The van der Waals surface area contributed by atoms with Crippen LogP contribution in [0.3, 0.4) is 0 Å². The van der Waals surface area contributed by atoms with E-state index in [-0.39, 0.29) is 6.09 Å². The van der Waals surface area contributed by atoms with E-state index in [0.29, 0.717) is 6.54 Å². The van der Waals surface area contributed by atoms with Gasteiger partial charge in [-0.2, -0.15) is 0 Å². The molecule has 0 fully saturated rings. The van der Waals surface area contributed by atoms with E-state index in [1.54, 1.807) is 0 Å². The number of aryl methyl sites for hydroxylation is 1. The summed E-state index contributed by atoms with van der Waals surface area (Å²) in [5.41, 5.74) is 3.51. The highest BCUT2D eigenvalue weighted by molar-refractivity contribution is 7.99. The molecular formula is C25H37N3O2S. The monoisotopic (exact) mass is 443 g/mol. The van der Waals surface area contributed by atoms with E-state index in [1.807, 2.05) is 32.5 Å². The highest BCUT2D eigenvalue weighted by atomic mass is 32.2. The molecule has 1 aliphatic rings. The summed E-state index contributed by atoms with van der Waals surface area (Å²) in [5, 5.41) is 4.15. The van der Waals surface area contributed by atoms with Crippen LogP contribution >= 0.6 is 11.8 Å². The Morgan fingerprint density at radius 1 is 1.16 bits per heavy atom. The Kier molecular flexibility index (Phi) is 8.61. The van der Waals surface area contributed by atoms with Gasteiger partial charge in [-0.1, -0.05) is 18.2 Å². The van der Waals surface area contributed by atoms with Crippen molar-refractivity contribution >= 4 is 28.8 Å². The minimum atomic E-state index is -0.446. The van der Waals surface area contributed by atoms with Crippen molar-refractivity contribution in [1.82, 2.24) is 15.2 Å². The van der Waals surface area contributed by atoms with Crippen LogP contribution in [0.2, 0.25) is 0 Å². The average Bonchev–Trinajstić information content (AvgIpc) is 2.72. The predicted octanol–water partition coefficient (Wildman–Crippen LogP) is 5.44. The van der Waals surface area contributed by atoms with Crippen LogP contribution in [0.25, 0.3) is 10.9 Å². The third-order valence-corrected chi connectivity index (χ3v) is 6.68. The van der Waals surface area contributed by atoms with E-state index in [0.717, 1.165) is 43.6 Å². The standard InChI is InChI=1S/C25H37N3O2S/c1-25(2,3)30-24(29)26-15-9-16-28(4)17-10-18-31-23-19-11-5-7-13-21(19)27-22-14-8-6-12-20(22)23/h5,7,11,13H,6,8-10,12,14-18H2,1-4H3,(H,26,29). The van der Waals surface area contributed by atoms with Crippen LogP contribution in [0.4, 0.5) is 4.79 Å². The van der Waals surface area contributed by atoms with Gasteiger partial charge >= 0.3 is 6.09 Å². The number of aromatic nitrogens is 1. The molecule has 1 aliphatic carbocycles. The van der Waals surface area contributed by atoms with Gasteiger partial charge in [-0.25, -0.2) is 4.79 Å². The second-order valence-electron chi connectivity index (χ2n) is 9.38. The number of hydrogen-bond donors (Lipinski definition) is 1. The van der Waals surface area contributed by atoms with Crippen molar-refractivity contribution in [1.29, 1.82) is 0 Å². The maximum absolute atomic E-state index is 11.7. The van der Waals surface area contributed by atoms with E-state index in [4.69, 9.17) is 9.72 Å². The van der Waals surface area contributed by atoms with Gasteiger partial charge in [-0.05, 0) is 96.8 Å². The number of benzene rings is 1. The molecule has 1 aromatic carbocycles. The second kappa shape index (κ2) is 11.2. The lowest BCUT2D eigenvalue weighted by molar-refractivity contribution is 0.0526. The summed E-state index contributed by atoms with van der Waals surface area (Å²) in [4.78, 5) is 20.4. The topological polar surface area (TPSA) is 54.5 Å². The van der Waals surface area contributed by atoms with Crippen molar-refractivity contribution < 1.29 is 9.53 Å². The molecule has 0 bridgehead atoms. The first-order valence-electron chi connectivity index (χ1n) is 11.5. The second-order valence-corrected chi connectivity index (χ2v) is 10.5. The smallest absolute Gasteiger partial charge is 0.407 e. The zero-order valence-corrected chi connectivity index (χ0v) is 20.3. The normalized spacial score (nSPS) is 14.0. The van der Waals surface area contributed by atoms with Crippen molar-refractivity contribution in [2.45, 2.75) is 69.8 Å². The van der Waals surface area contributed by atoms with Crippen LogP contribution in [-0.2, 0) is 17.6 Å². The van der Waals surface area contributed by atoms with Gasteiger partial charge in [-0.15, -0.1) is 11.8 Å². The van der Waals surface area contributed by atoms with Gasteiger partial charge in [0.25, 0.3) is 0 Å². The number of thioether (sulfide) groups is 1. The molecule has 1 aromatic heterocycles. The number of rotatable bonds is 9. The first-order chi connectivity index (χ1) is 14.8. The zero-order valence-electron chi connectivity index (χ0n) is 19.5. The van der Waals surface area contributed by atoms with Crippen LogP contribution in [0.15, 0.2) is 29.2 Å². The number of amides is 1. The fourth-order valence-electron chi connectivity index (χ4n) is 3.97. The van der Waals surface area contributed by atoms with E-state index >= 15 is 0 Å². The number of carbonyl (C=O) groups is 1. The first-order valence-corrected chi connectivity index (χ1v) is 12.5. The molecule has 0 spiro atoms. The lowest BCUT2D eigenvalue weighted by atomic mass is 9.94. The molecule has 0 unspecified atom stereocenters. The van der Waals surface area contributed by atoms with Crippen LogP contribution < -0.4 is 5.32 Å². The van der Waals surface area contributed by atoms with E-state index in [1.165, 1.54) is 40.8 Å². The van der Waals surface area contributed by atoms with Crippen molar-refractivity contribution in [2.75, 3.05) is 32.4 Å². The zero-order chi connectivity index (χ0) is 22.3. The Morgan fingerprint density at radius 2 is 1.90 bits per heavy atom. The van der Waals surface area contributed by atoms with Crippen LogP contribution in [0.5, 0.6) is 0 Å². The summed E-state index contributed by atoms with van der Waals surface area (Å²) < 4.78 is 5.27. The summed E-state index contributed by atoms with van der Waals surface area (Å²) in [7, 11) is 2.15. The minimum Gasteiger partial charge on any atom is -0.444 e. The molecule has 3 rings (SSSR count). The lowest BCUT2D eigenvalue weighted by Crippen LogP contribution is -2.34. The maximum Gasteiger partial charge on any atom is 0.407 e. The molecule has 5 nitrogen and oxygen atoms in total. The quantitative estimate of drug-likeness (QED) is 0.413. The fourth-order valence-corrected chi connectivity index (χ4v) is 5.17. The average molecular weight is 444 g/mol. The van der Waals surface area contributed by atoms with Gasteiger partial charge < -0.3 is 15.0 Å². The number of ether oxygens (including phenoxy) is 1. The summed E-state index contributed by atoms with van der Waals surface area (Å²) in [6.45, 7) is 8.30. The number of para-hydroxylation sites is 1. The van der Waals surface area contributed by atoms with Crippen molar-refractivity contribution in [3.8, 4) is 0 Å². The SMILES string of the molecule is CN(CCCNC(=O)OC(C)(C)C)CCCSc1c2c(nc3ccccc13)CCCC2. The molecule has 0 radical (unpaired) electrons. The summed E-state index contributed by atoms with van der Waals surface area (Å²) in [6.07, 6.45) is 6.56. The van der Waals surface area contributed by atoms with E-state index < -0.39 is 5.60 Å². The molecule has 31 heavy (non-hydrogen) atoms. The number of nitrogens with zero attached hydrogens (tertiary/aromatic N) is 2. The highest BCUT2D eigenvalue weighted by Gasteiger charge is 2.18. The molecule has 0 aliphatic heterocycles. The molecule has 0 atom stereocenters. The number of fused-ring (bicyclic) bond motifs is 2. The molecule has 1 amide bonds. The summed E-state index contributed by atoms with van der Waals surface area (Å²) in [5.74, 6) is 1.11. The Bertz CT molecular complexity index is 879. The maximum atomic E-state index is 11.7.